The molecule has 0 aromatic heterocycles. The van der Waals surface area contributed by atoms with E-state index in [1.54, 1.807) is 0 Å². The van der Waals surface area contributed by atoms with E-state index in [9.17, 15) is 4.79 Å². The van der Waals surface area contributed by atoms with Gasteiger partial charge in [0.1, 0.15) is 0 Å². The second-order valence-electron chi connectivity index (χ2n) is 7.87. The molecule has 0 aliphatic heterocycles. The first-order valence-corrected chi connectivity index (χ1v) is 12.3. The maximum Gasteiger partial charge on any atom is 0.221 e. The van der Waals surface area contributed by atoms with E-state index in [0.29, 0.717) is 6.42 Å². The Morgan fingerprint density at radius 2 is 0.929 bits per heavy atom. The molecule has 28 heavy (non-hydrogen) atoms. The predicted octanol–water partition coefficient (Wildman–Crippen LogP) is 8.58. The summed E-state index contributed by atoms with van der Waals surface area (Å²) in [5.74, 6) is 12.3. The monoisotopic (exact) mass is 406 g/mol. The van der Waals surface area contributed by atoms with E-state index in [4.69, 9.17) is 11.6 Å². The van der Waals surface area contributed by atoms with Gasteiger partial charge in [0, 0.05) is 19.3 Å². The summed E-state index contributed by atoms with van der Waals surface area (Å²) in [5.41, 5.74) is 0. The highest BCUT2D eigenvalue weighted by molar-refractivity contribution is 6.63. The Labute approximate surface area is 180 Å². The Kier molecular flexibility index (Phi) is 23.3. The van der Waals surface area contributed by atoms with E-state index < -0.39 is 0 Å². The molecule has 0 radical (unpaired) electrons. The standard InChI is InChI=1S/C26H43ClO/c1-2-3-4-5-6-7-8-9-10-11-12-13-14-15-16-17-18-19-20-21-22-23-24-25-26(27)28/h2-13,18-25H2,1H3. The van der Waals surface area contributed by atoms with Crippen LogP contribution in [0.4, 0.5) is 0 Å². The van der Waals surface area contributed by atoms with Crippen LogP contribution in [-0.2, 0) is 4.79 Å². The second-order valence-corrected chi connectivity index (χ2v) is 8.29. The summed E-state index contributed by atoms with van der Waals surface area (Å²) >= 11 is 5.31. The minimum atomic E-state index is -0.208. The zero-order valence-corrected chi connectivity index (χ0v) is 19.2. The average Bonchev–Trinajstić information content (AvgIpc) is 2.68. The summed E-state index contributed by atoms with van der Waals surface area (Å²) in [4.78, 5) is 10.6. The van der Waals surface area contributed by atoms with Crippen LogP contribution in [0.1, 0.15) is 135 Å². The third kappa shape index (κ3) is 25.1. The number of halogens is 1. The molecule has 0 aromatic rings. The molecule has 0 unspecified atom stereocenters. The normalized spacial score (nSPS) is 10.1. The molecule has 0 aliphatic rings. The zero-order chi connectivity index (χ0) is 20.5. The molecule has 0 spiro atoms. The molecule has 0 aromatic carbocycles. The third-order valence-corrected chi connectivity index (χ3v) is 5.26. The van der Waals surface area contributed by atoms with Crippen molar-refractivity contribution < 1.29 is 4.79 Å². The molecule has 0 saturated carbocycles. The lowest BCUT2D eigenvalue weighted by Gasteiger charge is -2.01. The first-order valence-electron chi connectivity index (χ1n) is 11.9. The maximum atomic E-state index is 10.6. The predicted molar refractivity (Wildman–Crippen MR) is 124 cm³/mol. The summed E-state index contributed by atoms with van der Waals surface area (Å²) in [6, 6.07) is 0. The molecule has 160 valence electrons. The second kappa shape index (κ2) is 24.1. The molecule has 0 rings (SSSR count). The van der Waals surface area contributed by atoms with Crippen molar-refractivity contribution in [1.29, 1.82) is 0 Å². The summed E-state index contributed by atoms with van der Waals surface area (Å²) in [5, 5.41) is -0.208. The quantitative estimate of drug-likeness (QED) is 0.119. The zero-order valence-electron chi connectivity index (χ0n) is 18.4. The van der Waals surface area contributed by atoms with E-state index in [1.165, 1.54) is 89.9 Å². The molecule has 1 nitrogen and oxygen atoms in total. The van der Waals surface area contributed by atoms with Gasteiger partial charge in [-0.3, -0.25) is 4.79 Å². The summed E-state index contributed by atoms with van der Waals surface area (Å²) < 4.78 is 0. The van der Waals surface area contributed by atoms with E-state index in [2.05, 4.69) is 30.6 Å². The van der Waals surface area contributed by atoms with Crippen LogP contribution < -0.4 is 0 Å². The van der Waals surface area contributed by atoms with E-state index in [-0.39, 0.29) is 5.24 Å². The molecule has 2 heteroatoms. The van der Waals surface area contributed by atoms with Gasteiger partial charge in [0.25, 0.3) is 0 Å². The van der Waals surface area contributed by atoms with Crippen molar-refractivity contribution in [3.05, 3.63) is 0 Å². The lowest BCUT2D eigenvalue weighted by atomic mass is 10.1. The van der Waals surface area contributed by atoms with Crippen LogP contribution in [0.15, 0.2) is 0 Å². The fourth-order valence-electron chi connectivity index (χ4n) is 3.28. The van der Waals surface area contributed by atoms with Gasteiger partial charge >= 0.3 is 0 Å². The van der Waals surface area contributed by atoms with Crippen molar-refractivity contribution in [2.75, 3.05) is 0 Å². The molecular formula is C26H43ClO. The van der Waals surface area contributed by atoms with Crippen LogP contribution in [0.3, 0.4) is 0 Å². The van der Waals surface area contributed by atoms with Gasteiger partial charge in [0.15, 0.2) is 0 Å². The first kappa shape index (κ1) is 27.1. The fourth-order valence-corrected chi connectivity index (χ4v) is 3.41. The van der Waals surface area contributed by atoms with Gasteiger partial charge in [-0.15, -0.1) is 0 Å². The summed E-state index contributed by atoms with van der Waals surface area (Å²) in [7, 11) is 0. The summed E-state index contributed by atoms with van der Waals surface area (Å²) in [6.07, 6.45) is 24.5. The molecule has 0 aliphatic carbocycles. The van der Waals surface area contributed by atoms with Crippen molar-refractivity contribution in [1.82, 2.24) is 0 Å². The number of carbonyl (C=O) groups excluding carboxylic acids is 1. The lowest BCUT2D eigenvalue weighted by Crippen LogP contribution is -1.86. The van der Waals surface area contributed by atoms with E-state index >= 15 is 0 Å². The highest BCUT2D eigenvalue weighted by Crippen LogP contribution is 2.12. The number of hydrogen-bond donors (Lipinski definition) is 0. The lowest BCUT2D eigenvalue weighted by molar-refractivity contribution is -0.111. The number of carbonyl (C=O) groups is 1. The van der Waals surface area contributed by atoms with Gasteiger partial charge in [-0.05, 0) is 42.7 Å². The van der Waals surface area contributed by atoms with Crippen molar-refractivity contribution in [2.24, 2.45) is 0 Å². The molecule has 0 heterocycles. The van der Waals surface area contributed by atoms with Crippen molar-refractivity contribution >= 4 is 16.8 Å². The molecule has 0 fully saturated rings. The SMILES string of the molecule is CCCCCCCCCCCCCC#CC#CCCCCCCCCC(=O)Cl. The minimum Gasteiger partial charge on any atom is -0.281 e. The Hall–Kier alpha value is -0.920. The molecule has 0 atom stereocenters. The Morgan fingerprint density at radius 1 is 0.571 bits per heavy atom. The molecule has 0 saturated heterocycles. The van der Waals surface area contributed by atoms with Crippen LogP contribution >= 0.6 is 11.6 Å². The minimum absolute atomic E-state index is 0.208. The Morgan fingerprint density at radius 3 is 1.32 bits per heavy atom. The molecule has 0 amide bonds. The van der Waals surface area contributed by atoms with Crippen LogP contribution in [0.25, 0.3) is 0 Å². The largest absolute Gasteiger partial charge is 0.281 e. The van der Waals surface area contributed by atoms with Gasteiger partial charge in [0.05, 0.1) is 0 Å². The number of rotatable bonds is 19. The van der Waals surface area contributed by atoms with Gasteiger partial charge in [0.2, 0.25) is 5.24 Å². The summed E-state index contributed by atoms with van der Waals surface area (Å²) in [6.45, 7) is 2.28. The topological polar surface area (TPSA) is 17.1 Å². The Balaban J connectivity index is 3.24. The maximum absolute atomic E-state index is 10.6. The van der Waals surface area contributed by atoms with Crippen molar-refractivity contribution in [2.45, 2.75) is 135 Å². The number of unbranched alkanes of at least 4 members (excludes halogenated alkanes) is 17. The van der Waals surface area contributed by atoms with Crippen LogP contribution in [0, 0.1) is 23.7 Å². The highest BCUT2D eigenvalue weighted by Gasteiger charge is 1.95. The van der Waals surface area contributed by atoms with Crippen LogP contribution in [-0.4, -0.2) is 5.24 Å². The Bertz CT molecular complexity index is 460. The first-order chi connectivity index (χ1) is 13.8. The van der Waals surface area contributed by atoms with Crippen LogP contribution in [0.5, 0.6) is 0 Å². The van der Waals surface area contributed by atoms with E-state index in [1.807, 2.05) is 0 Å². The average molecular weight is 407 g/mol. The molecule has 0 N–H and O–H groups in total. The van der Waals surface area contributed by atoms with Gasteiger partial charge in [-0.1, -0.05) is 109 Å². The van der Waals surface area contributed by atoms with Gasteiger partial charge in [-0.25, -0.2) is 0 Å². The van der Waals surface area contributed by atoms with Gasteiger partial charge < -0.3 is 0 Å². The van der Waals surface area contributed by atoms with Crippen LogP contribution in [0.2, 0.25) is 0 Å². The molecule has 0 bridgehead atoms. The van der Waals surface area contributed by atoms with Crippen molar-refractivity contribution in [3.8, 4) is 23.7 Å². The molecular weight excluding hydrogens is 364 g/mol. The fraction of sp³-hybridized carbons (Fsp3) is 0.808. The van der Waals surface area contributed by atoms with E-state index in [0.717, 1.165) is 32.1 Å². The highest BCUT2D eigenvalue weighted by atomic mass is 35.5. The number of hydrogen-bond acceptors (Lipinski definition) is 1. The van der Waals surface area contributed by atoms with Crippen molar-refractivity contribution in [3.63, 3.8) is 0 Å². The van der Waals surface area contributed by atoms with Gasteiger partial charge in [-0.2, -0.15) is 0 Å². The third-order valence-electron chi connectivity index (χ3n) is 5.07. The smallest absolute Gasteiger partial charge is 0.221 e.